The van der Waals surface area contributed by atoms with Crippen molar-refractivity contribution in [3.63, 3.8) is 0 Å². The Kier molecular flexibility index (Phi) is 7.46. The molecular weight excluding hydrogens is 280 g/mol. The van der Waals surface area contributed by atoms with Gasteiger partial charge in [-0.25, -0.2) is 4.79 Å². The highest BCUT2D eigenvalue weighted by atomic mass is 16.5. The van der Waals surface area contributed by atoms with Gasteiger partial charge < -0.3 is 20.1 Å². The second-order valence-electron chi connectivity index (χ2n) is 6.94. The molecule has 0 unspecified atom stereocenters. The van der Waals surface area contributed by atoms with Gasteiger partial charge in [-0.05, 0) is 50.4 Å². The lowest BCUT2D eigenvalue weighted by molar-refractivity contribution is -0.0320. The molecule has 22 heavy (non-hydrogen) atoms. The molecule has 2 N–H and O–H groups in total. The molecule has 2 aliphatic rings. The lowest BCUT2D eigenvalue weighted by atomic mass is 9.80. The zero-order valence-electron chi connectivity index (χ0n) is 14.1. The van der Waals surface area contributed by atoms with E-state index in [1.54, 1.807) is 0 Å². The Bertz CT molecular complexity index is 332. The van der Waals surface area contributed by atoms with Crippen molar-refractivity contribution in [2.75, 3.05) is 26.4 Å². The Morgan fingerprint density at radius 3 is 2.68 bits per heavy atom. The number of rotatable bonds is 6. The molecule has 0 aromatic carbocycles. The molecule has 0 spiro atoms. The fraction of sp³-hybridized carbons (Fsp3) is 0.941. The summed E-state index contributed by atoms with van der Waals surface area (Å²) in [5.41, 5.74) is 0. The lowest BCUT2D eigenvalue weighted by Gasteiger charge is -2.33. The molecule has 2 fully saturated rings. The van der Waals surface area contributed by atoms with Crippen molar-refractivity contribution in [1.82, 2.24) is 10.6 Å². The first-order chi connectivity index (χ1) is 10.6. The smallest absolute Gasteiger partial charge is 0.315 e. The van der Waals surface area contributed by atoms with Crippen LogP contribution in [0, 0.1) is 11.8 Å². The van der Waals surface area contributed by atoms with Crippen molar-refractivity contribution in [3.8, 4) is 0 Å². The van der Waals surface area contributed by atoms with E-state index in [2.05, 4.69) is 24.5 Å². The number of carbonyl (C=O) groups is 1. The van der Waals surface area contributed by atoms with Gasteiger partial charge in [-0.15, -0.1) is 0 Å². The van der Waals surface area contributed by atoms with Crippen LogP contribution in [0.15, 0.2) is 0 Å². The minimum atomic E-state index is -0.0301. The van der Waals surface area contributed by atoms with Crippen LogP contribution < -0.4 is 10.6 Å². The normalized spacial score (nSPS) is 30.0. The number of nitrogens with one attached hydrogen (secondary N) is 2. The van der Waals surface area contributed by atoms with Gasteiger partial charge in [0.25, 0.3) is 0 Å². The average molecular weight is 312 g/mol. The quantitative estimate of drug-likeness (QED) is 0.741. The molecule has 0 aromatic rings. The van der Waals surface area contributed by atoms with Gasteiger partial charge >= 0.3 is 6.03 Å². The molecule has 3 atom stereocenters. The van der Waals surface area contributed by atoms with Gasteiger partial charge in [0.05, 0.1) is 6.10 Å². The molecule has 1 heterocycles. The van der Waals surface area contributed by atoms with Crippen LogP contribution in [0.1, 0.15) is 52.4 Å². The third kappa shape index (κ3) is 6.13. The van der Waals surface area contributed by atoms with Crippen molar-refractivity contribution in [3.05, 3.63) is 0 Å². The van der Waals surface area contributed by atoms with Gasteiger partial charge in [0.2, 0.25) is 0 Å². The maximum atomic E-state index is 11.9. The Morgan fingerprint density at radius 2 is 1.95 bits per heavy atom. The van der Waals surface area contributed by atoms with Crippen LogP contribution in [0.3, 0.4) is 0 Å². The Labute approximate surface area is 134 Å². The number of ether oxygens (including phenoxy) is 2. The molecule has 1 saturated heterocycles. The van der Waals surface area contributed by atoms with Gasteiger partial charge in [0, 0.05) is 32.4 Å². The van der Waals surface area contributed by atoms with E-state index >= 15 is 0 Å². The van der Waals surface area contributed by atoms with E-state index in [1.807, 2.05) is 0 Å². The molecule has 1 aliphatic carbocycles. The summed E-state index contributed by atoms with van der Waals surface area (Å²) < 4.78 is 11.1. The zero-order valence-corrected chi connectivity index (χ0v) is 14.1. The summed E-state index contributed by atoms with van der Waals surface area (Å²) in [5, 5.41) is 6.07. The average Bonchev–Trinajstić information content (AvgIpc) is 2.51. The highest BCUT2D eigenvalue weighted by Crippen LogP contribution is 2.28. The first kappa shape index (κ1) is 17.5. The number of hydrogen-bond donors (Lipinski definition) is 2. The maximum absolute atomic E-state index is 11.9. The second-order valence-corrected chi connectivity index (χ2v) is 6.94. The Hall–Kier alpha value is -0.810. The van der Waals surface area contributed by atoms with Gasteiger partial charge in [0.1, 0.15) is 0 Å². The van der Waals surface area contributed by atoms with Crippen LogP contribution in [0.2, 0.25) is 0 Å². The summed E-state index contributed by atoms with van der Waals surface area (Å²) in [6, 6.07) is 0.298. The molecule has 2 rings (SSSR count). The van der Waals surface area contributed by atoms with Gasteiger partial charge in [-0.3, -0.25) is 0 Å². The molecule has 1 aliphatic heterocycles. The van der Waals surface area contributed by atoms with Crippen LogP contribution in [-0.2, 0) is 9.47 Å². The number of amides is 2. The van der Waals surface area contributed by atoms with E-state index in [-0.39, 0.29) is 6.03 Å². The minimum Gasteiger partial charge on any atom is -0.381 e. The summed E-state index contributed by atoms with van der Waals surface area (Å²) in [7, 11) is 0. The fourth-order valence-corrected chi connectivity index (χ4v) is 3.47. The largest absolute Gasteiger partial charge is 0.381 e. The summed E-state index contributed by atoms with van der Waals surface area (Å²) in [4.78, 5) is 11.9. The van der Waals surface area contributed by atoms with Crippen LogP contribution in [0.5, 0.6) is 0 Å². The summed E-state index contributed by atoms with van der Waals surface area (Å²) >= 11 is 0. The molecule has 0 aromatic heterocycles. The number of hydrogen-bond acceptors (Lipinski definition) is 3. The molecule has 0 bridgehead atoms. The molecule has 1 saturated carbocycles. The maximum Gasteiger partial charge on any atom is 0.315 e. The third-order valence-corrected chi connectivity index (χ3v) is 4.88. The van der Waals surface area contributed by atoms with E-state index in [9.17, 15) is 4.79 Å². The van der Waals surface area contributed by atoms with E-state index in [0.29, 0.717) is 31.2 Å². The molecule has 128 valence electrons. The Morgan fingerprint density at radius 1 is 1.18 bits per heavy atom. The highest BCUT2D eigenvalue weighted by Gasteiger charge is 2.26. The number of urea groups is 1. The van der Waals surface area contributed by atoms with Crippen molar-refractivity contribution in [2.24, 2.45) is 11.8 Å². The first-order valence-corrected chi connectivity index (χ1v) is 8.89. The topological polar surface area (TPSA) is 59.6 Å². The van der Waals surface area contributed by atoms with Gasteiger partial charge in [-0.1, -0.05) is 13.8 Å². The third-order valence-electron chi connectivity index (χ3n) is 4.88. The van der Waals surface area contributed by atoms with Crippen LogP contribution in [0.25, 0.3) is 0 Å². The zero-order chi connectivity index (χ0) is 15.8. The van der Waals surface area contributed by atoms with Gasteiger partial charge in [0.15, 0.2) is 0 Å². The van der Waals surface area contributed by atoms with Gasteiger partial charge in [-0.2, -0.15) is 0 Å². The summed E-state index contributed by atoms with van der Waals surface area (Å²) in [6.45, 7) is 7.54. The van der Waals surface area contributed by atoms with E-state index in [4.69, 9.17) is 9.47 Å². The predicted molar refractivity (Wildman–Crippen MR) is 86.9 cm³/mol. The lowest BCUT2D eigenvalue weighted by Crippen LogP contribution is -2.47. The van der Waals surface area contributed by atoms with E-state index in [1.165, 1.54) is 12.8 Å². The van der Waals surface area contributed by atoms with Crippen LogP contribution in [-0.4, -0.2) is 44.5 Å². The van der Waals surface area contributed by atoms with E-state index < -0.39 is 0 Å². The Balaban J connectivity index is 1.50. The monoisotopic (exact) mass is 312 g/mol. The van der Waals surface area contributed by atoms with E-state index in [0.717, 1.165) is 44.8 Å². The van der Waals surface area contributed by atoms with Crippen molar-refractivity contribution >= 4 is 6.03 Å². The second kappa shape index (κ2) is 9.36. The molecule has 5 heteroatoms. The van der Waals surface area contributed by atoms with Crippen molar-refractivity contribution < 1.29 is 14.3 Å². The predicted octanol–water partition coefficient (Wildman–Crippen LogP) is 2.70. The van der Waals surface area contributed by atoms with Crippen molar-refractivity contribution in [1.29, 1.82) is 0 Å². The fourth-order valence-electron chi connectivity index (χ4n) is 3.47. The minimum absolute atomic E-state index is 0.0301. The summed E-state index contributed by atoms with van der Waals surface area (Å²) in [6.07, 6.45) is 6.72. The molecule has 0 radical (unpaired) electrons. The standard InChI is InChI=1S/C17H32N2O3/c1-13-4-5-16(14(2)12-13)19-17(20)18-8-3-9-22-15-6-10-21-11-7-15/h13-16H,3-12H2,1-2H3,(H2,18,19,20)/t13-,14+,16+/m1/s1. The molecule has 2 amide bonds. The SMILES string of the molecule is C[C@@H]1CC[C@H](NC(=O)NCCCOC2CCOCC2)[C@@H](C)C1. The van der Waals surface area contributed by atoms with Crippen LogP contribution in [0.4, 0.5) is 4.79 Å². The highest BCUT2D eigenvalue weighted by molar-refractivity contribution is 5.74. The summed E-state index contributed by atoms with van der Waals surface area (Å²) in [5.74, 6) is 1.37. The first-order valence-electron chi connectivity index (χ1n) is 8.89. The van der Waals surface area contributed by atoms with Crippen molar-refractivity contribution in [2.45, 2.75) is 64.5 Å². The van der Waals surface area contributed by atoms with Crippen LogP contribution >= 0.6 is 0 Å². The number of carbonyl (C=O) groups excluding carboxylic acids is 1. The molecular formula is C17H32N2O3. The molecule has 5 nitrogen and oxygen atoms in total.